The van der Waals surface area contributed by atoms with Gasteiger partial charge in [-0.2, -0.15) is 0 Å². The zero-order chi connectivity index (χ0) is 24.1. The van der Waals surface area contributed by atoms with Crippen LogP contribution in [-0.2, 0) is 11.2 Å². The van der Waals surface area contributed by atoms with Crippen molar-refractivity contribution in [1.29, 1.82) is 0 Å². The highest BCUT2D eigenvalue weighted by molar-refractivity contribution is 7.10. The van der Waals surface area contributed by atoms with E-state index in [-0.39, 0.29) is 42.9 Å². The maximum absolute atomic E-state index is 13.6. The Morgan fingerprint density at radius 2 is 1.97 bits per heavy atom. The van der Waals surface area contributed by atoms with Crippen LogP contribution in [0.1, 0.15) is 47.1 Å². The molecule has 2 atom stereocenters. The largest absolute Gasteiger partial charge is 0.491 e. The number of halogens is 1. The third-order valence-corrected chi connectivity index (χ3v) is 7.33. The Morgan fingerprint density at radius 1 is 1.18 bits per heavy atom. The molecule has 0 aliphatic carbocycles. The summed E-state index contributed by atoms with van der Waals surface area (Å²) in [5.41, 5.74) is 1.63. The molecule has 0 fully saturated rings. The number of nitrogens with zero attached hydrogens (tertiary/aromatic N) is 2. The minimum Gasteiger partial charge on any atom is -0.491 e. The third kappa shape index (κ3) is 5.30. The van der Waals surface area contributed by atoms with Crippen LogP contribution < -0.4 is 4.74 Å². The van der Waals surface area contributed by atoms with Gasteiger partial charge in [-0.25, -0.2) is 4.39 Å². The molecule has 2 heterocycles. The first kappa shape index (κ1) is 24.0. The Kier molecular flexibility index (Phi) is 7.63. The fourth-order valence-corrected chi connectivity index (χ4v) is 5.17. The van der Waals surface area contributed by atoms with E-state index < -0.39 is 0 Å². The van der Waals surface area contributed by atoms with Gasteiger partial charge < -0.3 is 14.5 Å². The summed E-state index contributed by atoms with van der Waals surface area (Å²) >= 11 is 1.67. The Morgan fingerprint density at radius 3 is 2.71 bits per heavy atom. The van der Waals surface area contributed by atoms with Crippen molar-refractivity contribution < 1.29 is 18.7 Å². The number of amides is 2. The number of carbonyl (C=O) groups is 2. The molecule has 0 bridgehead atoms. The lowest BCUT2D eigenvalue weighted by Crippen LogP contribution is -2.49. The first-order chi connectivity index (χ1) is 16.5. The minimum atomic E-state index is -0.367. The molecule has 178 valence electrons. The maximum atomic E-state index is 13.6. The van der Waals surface area contributed by atoms with Crippen LogP contribution in [0.25, 0.3) is 0 Å². The molecule has 0 radical (unpaired) electrons. The van der Waals surface area contributed by atoms with Crippen molar-refractivity contribution in [2.75, 3.05) is 19.7 Å². The quantitative estimate of drug-likeness (QED) is 0.438. The van der Waals surface area contributed by atoms with Gasteiger partial charge in [0, 0.05) is 29.1 Å². The van der Waals surface area contributed by atoms with E-state index in [2.05, 4.69) is 0 Å². The summed E-state index contributed by atoms with van der Waals surface area (Å²) in [6, 6.07) is 16.7. The molecule has 5 nitrogen and oxygen atoms in total. The standard InChI is InChI=1S/C27H29FN2O3S/c1-3-19(2)30(27(32)20-8-5-4-6-9-20)17-26(31)29-14-12-25-23(13-15-34-25)24(29)18-33-22-11-7-10-21(28)16-22/h4-11,13,15-16,19,24H,3,12,14,17-18H2,1-2H3/t19-,24+/m0/s1. The van der Waals surface area contributed by atoms with Crippen LogP contribution in [-0.4, -0.2) is 47.4 Å². The number of hydrogen-bond acceptors (Lipinski definition) is 4. The van der Waals surface area contributed by atoms with Crippen molar-refractivity contribution in [1.82, 2.24) is 9.80 Å². The molecule has 0 N–H and O–H groups in total. The van der Waals surface area contributed by atoms with E-state index in [1.165, 1.54) is 17.0 Å². The van der Waals surface area contributed by atoms with Gasteiger partial charge in [0.05, 0.1) is 6.04 Å². The highest BCUT2D eigenvalue weighted by Gasteiger charge is 2.34. The first-order valence-electron chi connectivity index (χ1n) is 11.6. The van der Waals surface area contributed by atoms with Crippen molar-refractivity contribution in [2.45, 2.75) is 38.8 Å². The summed E-state index contributed by atoms with van der Waals surface area (Å²) in [5, 5.41) is 2.03. The number of hydrogen-bond donors (Lipinski definition) is 0. The topological polar surface area (TPSA) is 49.9 Å². The summed E-state index contributed by atoms with van der Waals surface area (Å²) in [6.07, 6.45) is 1.51. The molecule has 0 saturated carbocycles. The van der Waals surface area contributed by atoms with Crippen LogP contribution in [0.4, 0.5) is 4.39 Å². The van der Waals surface area contributed by atoms with Gasteiger partial charge in [-0.3, -0.25) is 9.59 Å². The van der Waals surface area contributed by atoms with Gasteiger partial charge in [0.15, 0.2) is 0 Å². The summed E-state index contributed by atoms with van der Waals surface area (Å²) in [4.78, 5) is 31.5. The van der Waals surface area contributed by atoms with Gasteiger partial charge >= 0.3 is 0 Å². The summed E-state index contributed by atoms with van der Waals surface area (Å²) < 4.78 is 19.5. The summed E-state index contributed by atoms with van der Waals surface area (Å²) in [5.74, 6) is -0.206. The van der Waals surface area contributed by atoms with Crippen molar-refractivity contribution >= 4 is 23.2 Å². The van der Waals surface area contributed by atoms with E-state index in [4.69, 9.17) is 4.74 Å². The second-order valence-corrected chi connectivity index (χ2v) is 9.48. The monoisotopic (exact) mass is 480 g/mol. The zero-order valence-corrected chi connectivity index (χ0v) is 20.3. The van der Waals surface area contributed by atoms with Crippen LogP contribution in [0.2, 0.25) is 0 Å². The number of fused-ring (bicyclic) bond motifs is 1. The second kappa shape index (κ2) is 10.8. The van der Waals surface area contributed by atoms with Gasteiger partial charge in [-0.05, 0) is 61.0 Å². The van der Waals surface area contributed by atoms with Crippen molar-refractivity contribution in [2.24, 2.45) is 0 Å². The molecule has 0 unspecified atom stereocenters. The third-order valence-electron chi connectivity index (χ3n) is 6.33. The van der Waals surface area contributed by atoms with E-state index in [9.17, 15) is 14.0 Å². The number of carbonyl (C=O) groups excluding carboxylic acids is 2. The van der Waals surface area contributed by atoms with E-state index in [0.717, 1.165) is 18.4 Å². The average Bonchev–Trinajstić information content (AvgIpc) is 3.34. The van der Waals surface area contributed by atoms with Crippen molar-refractivity contribution in [3.8, 4) is 5.75 Å². The van der Waals surface area contributed by atoms with E-state index in [1.54, 1.807) is 40.5 Å². The van der Waals surface area contributed by atoms with Crippen molar-refractivity contribution in [3.63, 3.8) is 0 Å². The van der Waals surface area contributed by atoms with Crippen LogP contribution in [0.15, 0.2) is 66.0 Å². The van der Waals surface area contributed by atoms with Crippen molar-refractivity contribution in [3.05, 3.63) is 87.9 Å². The predicted molar refractivity (Wildman–Crippen MR) is 132 cm³/mol. The lowest BCUT2D eigenvalue weighted by Gasteiger charge is -2.38. The molecule has 0 spiro atoms. The molecule has 3 aromatic rings. The van der Waals surface area contributed by atoms with Gasteiger partial charge in [-0.1, -0.05) is 31.2 Å². The Labute approximate surface area is 203 Å². The number of thiophene rings is 1. The number of rotatable bonds is 8. The molecular formula is C27H29FN2O3S. The molecule has 1 aromatic heterocycles. The molecule has 7 heteroatoms. The van der Waals surface area contributed by atoms with Crippen LogP contribution in [0.5, 0.6) is 5.75 Å². The molecular weight excluding hydrogens is 451 g/mol. The van der Waals surface area contributed by atoms with Gasteiger partial charge in [0.1, 0.15) is 24.7 Å². The molecule has 1 aliphatic rings. The highest BCUT2D eigenvalue weighted by Crippen LogP contribution is 2.34. The minimum absolute atomic E-state index is 0.00132. The Balaban J connectivity index is 1.54. The first-order valence-corrected chi connectivity index (χ1v) is 12.5. The fourth-order valence-electron chi connectivity index (χ4n) is 4.24. The van der Waals surface area contributed by atoms with Gasteiger partial charge in [0.25, 0.3) is 5.91 Å². The van der Waals surface area contributed by atoms with E-state index in [1.807, 2.05) is 48.4 Å². The molecule has 0 saturated heterocycles. The second-order valence-electron chi connectivity index (χ2n) is 8.48. The SMILES string of the molecule is CC[C@H](C)N(CC(=O)N1CCc2sccc2[C@H]1COc1cccc(F)c1)C(=O)c1ccccc1. The van der Waals surface area contributed by atoms with E-state index >= 15 is 0 Å². The number of ether oxygens (including phenoxy) is 1. The molecule has 4 rings (SSSR count). The molecule has 2 amide bonds. The Hall–Kier alpha value is -3.19. The molecule has 1 aliphatic heterocycles. The Bertz CT molecular complexity index is 1130. The summed E-state index contributed by atoms with van der Waals surface area (Å²) in [7, 11) is 0. The molecule has 2 aromatic carbocycles. The normalized spacial score (nSPS) is 16.0. The zero-order valence-electron chi connectivity index (χ0n) is 19.4. The molecule has 34 heavy (non-hydrogen) atoms. The smallest absolute Gasteiger partial charge is 0.254 e. The summed E-state index contributed by atoms with van der Waals surface area (Å²) in [6.45, 7) is 4.74. The predicted octanol–water partition coefficient (Wildman–Crippen LogP) is 5.33. The van der Waals surface area contributed by atoms with Crippen LogP contribution >= 0.6 is 11.3 Å². The highest BCUT2D eigenvalue weighted by atomic mass is 32.1. The van der Waals surface area contributed by atoms with Crippen LogP contribution in [0.3, 0.4) is 0 Å². The van der Waals surface area contributed by atoms with Crippen LogP contribution in [0, 0.1) is 5.82 Å². The van der Waals surface area contributed by atoms with Gasteiger partial charge in [0.2, 0.25) is 5.91 Å². The number of benzene rings is 2. The van der Waals surface area contributed by atoms with E-state index in [0.29, 0.717) is 17.9 Å². The fraction of sp³-hybridized carbons (Fsp3) is 0.333. The maximum Gasteiger partial charge on any atom is 0.254 e. The van der Waals surface area contributed by atoms with Gasteiger partial charge in [-0.15, -0.1) is 11.3 Å². The lowest BCUT2D eigenvalue weighted by molar-refractivity contribution is -0.136. The average molecular weight is 481 g/mol. The lowest BCUT2D eigenvalue weighted by atomic mass is 10.00.